The number of carbonyl (C=O) groups is 2. The lowest BCUT2D eigenvalue weighted by molar-refractivity contribution is -0.193. The molecule has 31 heavy (non-hydrogen) atoms. The van der Waals surface area contributed by atoms with E-state index in [1.807, 2.05) is 6.92 Å². The molecule has 4 fully saturated rings. The van der Waals surface area contributed by atoms with E-state index >= 15 is 0 Å². The molecule has 0 radical (unpaired) electrons. The minimum Gasteiger partial charge on any atom is -0.466 e. The first-order chi connectivity index (χ1) is 14.8. The normalized spacial score (nSPS) is 46.7. The minimum absolute atomic E-state index is 0.0646. The predicted molar refractivity (Wildman–Crippen MR) is 121 cm³/mol. The fraction of sp³-hybridized carbons (Fsp3) is 0.926. The van der Waals surface area contributed by atoms with E-state index < -0.39 is 0 Å². The molecule has 0 heterocycles. The number of esters is 1. The van der Waals surface area contributed by atoms with Crippen LogP contribution in [0.1, 0.15) is 98.3 Å². The van der Waals surface area contributed by atoms with Crippen molar-refractivity contribution in [2.45, 2.75) is 104 Å². The van der Waals surface area contributed by atoms with Crippen LogP contribution in [-0.4, -0.2) is 29.6 Å². The highest BCUT2D eigenvalue weighted by atomic mass is 16.5. The molecule has 4 nitrogen and oxygen atoms in total. The predicted octanol–water partition coefficient (Wildman–Crippen LogP) is 5.55. The van der Waals surface area contributed by atoms with Gasteiger partial charge in [-0.3, -0.25) is 9.59 Å². The average Bonchev–Trinajstić information content (AvgIpc) is 3.06. The van der Waals surface area contributed by atoms with Gasteiger partial charge >= 0.3 is 5.97 Å². The van der Waals surface area contributed by atoms with E-state index in [9.17, 15) is 14.7 Å². The maximum absolute atomic E-state index is 12.3. The number of aliphatic hydroxyl groups excluding tert-OH is 1. The molecule has 176 valence electrons. The van der Waals surface area contributed by atoms with E-state index in [0.29, 0.717) is 54.8 Å². The molecule has 0 aromatic carbocycles. The van der Waals surface area contributed by atoms with E-state index in [2.05, 4.69) is 20.8 Å². The van der Waals surface area contributed by atoms with Crippen molar-refractivity contribution in [3.63, 3.8) is 0 Å². The third kappa shape index (κ3) is 3.79. The first-order valence-electron chi connectivity index (χ1n) is 13.1. The number of ether oxygens (including phenoxy) is 1. The monoisotopic (exact) mass is 432 g/mol. The molecule has 0 bridgehead atoms. The summed E-state index contributed by atoms with van der Waals surface area (Å²) in [6.07, 6.45) is 10.6. The Morgan fingerprint density at radius 1 is 1.06 bits per heavy atom. The summed E-state index contributed by atoms with van der Waals surface area (Å²) in [5.41, 5.74) is 0.491. The van der Waals surface area contributed by atoms with Crippen LogP contribution in [0.5, 0.6) is 0 Å². The molecular formula is C27H44O4. The van der Waals surface area contributed by atoms with Crippen molar-refractivity contribution in [2.75, 3.05) is 6.61 Å². The summed E-state index contributed by atoms with van der Waals surface area (Å²) in [6.45, 7) is 9.49. The maximum Gasteiger partial charge on any atom is 0.305 e. The Balaban J connectivity index is 1.52. The van der Waals surface area contributed by atoms with Crippen LogP contribution < -0.4 is 0 Å². The van der Waals surface area contributed by atoms with Crippen molar-refractivity contribution in [2.24, 2.45) is 46.3 Å². The van der Waals surface area contributed by atoms with Crippen LogP contribution in [0.4, 0.5) is 0 Å². The van der Waals surface area contributed by atoms with Crippen LogP contribution in [0.3, 0.4) is 0 Å². The van der Waals surface area contributed by atoms with Gasteiger partial charge in [0.25, 0.3) is 0 Å². The van der Waals surface area contributed by atoms with Gasteiger partial charge in [0.1, 0.15) is 5.78 Å². The second kappa shape index (κ2) is 8.80. The topological polar surface area (TPSA) is 63.6 Å². The quantitative estimate of drug-likeness (QED) is 0.559. The standard InChI is InChI=1S/C27H44O4/c1-5-19-22-16-18(28)12-14-27(22,4)21-13-15-26(3)17(8-7-9-23(29)31-6-2)10-11-20(26)24(21)25(19)30/h17,19-22,24-25,30H,5-16H2,1-4H3/t17?,19-,20?,21?,22+,24?,25+,26-,27-/m1/s1. The number of hydrogen-bond donors (Lipinski definition) is 1. The highest BCUT2D eigenvalue weighted by Crippen LogP contribution is 2.68. The molecule has 0 aromatic heterocycles. The van der Waals surface area contributed by atoms with Gasteiger partial charge < -0.3 is 9.84 Å². The molecule has 4 saturated carbocycles. The van der Waals surface area contributed by atoms with Crippen LogP contribution in [0.2, 0.25) is 0 Å². The van der Waals surface area contributed by atoms with Crippen molar-refractivity contribution in [1.29, 1.82) is 0 Å². The molecule has 0 aliphatic heterocycles. The Bertz CT molecular complexity index is 689. The molecule has 0 spiro atoms. The van der Waals surface area contributed by atoms with Crippen LogP contribution in [-0.2, 0) is 14.3 Å². The lowest BCUT2D eigenvalue weighted by atomic mass is 9.41. The molecule has 4 aliphatic rings. The molecule has 0 amide bonds. The number of ketones is 1. The molecule has 4 unspecified atom stereocenters. The molecule has 4 aliphatic carbocycles. The lowest BCUT2D eigenvalue weighted by Gasteiger charge is -2.64. The average molecular weight is 433 g/mol. The Morgan fingerprint density at radius 2 is 1.81 bits per heavy atom. The van der Waals surface area contributed by atoms with Crippen molar-refractivity contribution < 1.29 is 19.4 Å². The SMILES string of the molecule is CCOC(=O)CCCC1CCC2C3C(CC[C@]12C)[C@@]1(C)CCC(=O)C[C@H]1[C@@H](CC)[C@@H]3O. The third-order valence-corrected chi connectivity index (χ3v) is 10.7. The highest BCUT2D eigenvalue weighted by molar-refractivity contribution is 5.79. The summed E-state index contributed by atoms with van der Waals surface area (Å²) in [5.74, 6) is 3.15. The summed E-state index contributed by atoms with van der Waals surface area (Å²) >= 11 is 0. The highest BCUT2D eigenvalue weighted by Gasteiger charge is 2.64. The van der Waals surface area contributed by atoms with Crippen molar-refractivity contribution in [3.05, 3.63) is 0 Å². The fourth-order valence-electron chi connectivity index (χ4n) is 9.07. The van der Waals surface area contributed by atoms with Crippen LogP contribution in [0.15, 0.2) is 0 Å². The van der Waals surface area contributed by atoms with Gasteiger partial charge in [0.2, 0.25) is 0 Å². The molecule has 1 N–H and O–H groups in total. The Hall–Kier alpha value is -0.900. The van der Waals surface area contributed by atoms with Gasteiger partial charge in [0.05, 0.1) is 12.7 Å². The van der Waals surface area contributed by atoms with Gasteiger partial charge in [0.15, 0.2) is 0 Å². The van der Waals surface area contributed by atoms with Gasteiger partial charge in [0, 0.05) is 19.3 Å². The van der Waals surface area contributed by atoms with E-state index in [4.69, 9.17) is 4.74 Å². The summed E-state index contributed by atoms with van der Waals surface area (Å²) in [7, 11) is 0. The molecule has 4 heteroatoms. The number of hydrogen-bond acceptors (Lipinski definition) is 4. The first kappa shape index (κ1) is 23.3. The second-order valence-corrected chi connectivity index (χ2v) is 11.7. The van der Waals surface area contributed by atoms with E-state index in [1.165, 1.54) is 25.7 Å². The van der Waals surface area contributed by atoms with Crippen molar-refractivity contribution >= 4 is 11.8 Å². The van der Waals surface area contributed by atoms with Crippen molar-refractivity contribution in [3.8, 4) is 0 Å². The second-order valence-electron chi connectivity index (χ2n) is 11.7. The van der Waals surface area contributed by atoms with Gasteiger partial charge in [-0.25, -0.2) is 0 Å². The Kier molecular flexibility index (Phi) is 6.60. The molecule has 0 aromatic rings. The maximum atomic E-state index is 12.3. The van der Waals surface area contributed by atoms with Gasteiger partial charge in [-0.05, 0) is 98.2 Å². The van der Waals surface area contributed by atoms with Crippen molar-refractivity contribution in [1.82, 2.24) is 0 Å². The van der Waals surface area contributed by atoms with E-state index in [1.54, 1.807) is 0 Å². The van der Waals surface area contributed by atoms with Crippen LogP contribution in [0.25, 0.3) is 0 Å². The zero-order valence-electron chi connectivity index (χ0n) is 20.2. The first-order valence-corrected chi connectivity index (χ1v) is 13.1. The number of rotatable bonds is 6. The van der Waals surface area contributed by atoms with Crippen LogP contribution in [0, 0.1) is 46.3 Å². The molecule has 0 saturated heterocycles. The lowest BCUT2D eigenvalue weighted by Crippen LogP contribution is -2.61. The Morgan fingerprint density at radius 3 is 2.52 bits per heavy atom. The zero-order chi connectivity index (χ0) is 22.4. The minimum atomic E-state index is -0.262. The zero-order valence-corrected chi connectivity index (χ0v) is 20.2. The number of aliphatic hydroxyl groups is 1. The summed E-state index contributed by atoms with van der Waals surface area (Å²) in [5, 5.41) is 11.7. The van der Waals surface area contributed by atoms with Gasteiger partial charge in [-0.15, -0.1) is 0 Å². The summed E-state index contributed by atoms with van der Waals surface area (Å²) in [4.78, 5) is 24.1. The summed E-state index contributed by atoms with van der Waals surface area (Å²) < 4.78 is 5.12. The molecule has 4 rings (SSSR count). The third-order valence-electron chi connectivity index (χ3n) is 10.7. The van der Waals surface area contributed by atoms with Gasteiger partial charge in [-0.1, -0.05) is 27.2 Å². The van der Waals surface area contributed by atoms with E-state index in [-0.39, 0.29) is 28.8 Å². The smallest absolute Gasteiger partial charge is 0.305 e. The Labute approximate surface area is 188 Å². The molecular weight excluding hydrogens is 388 g/mol. The summed E-state index contributed by atoms with van der Waals surface area (Å²) in [6, 6.07) is 0. The molecule has 9 atom stereocenters. The fourth-order valence-corrected chi connectivity index (χ4v) is 9.07. The largest absolute Gasteiger partial charge is 0.466 e. The number of Topliss-reactive ketones (excluding diaryl/α,β-unsaturated/α-hetero) is 1. The number of fused-ring (bicyclic) bond motifs is 5. The van der Waals surface area contributed by atoms with Gasteiger partial charge in [-0.2, -0.15) is 0 Å². The van der Waals surface area contributed by atoms with Crippen LogP contribution >= 0.6 is 0 Å². The van der Waals surface area contributed by atoms with E-state index in [0.717, 1.165) is 32.1 Å². The number of carbonyl (C=O) groups excluding carboxylic acids is 2.